The molecule has 0 fully saturated rings. The summed E-state index contributed by atoms with van der Waals surface area (Å²) in [6, 6.07) is 3.98. The molecule has 1 aromatic rings. The molecular weight excluding hydrogens is 349 g/mol. The molecule has 0 heterocycles. The topological polar surface area (TPSA) is 98.5 Å². The van der Waals surface area contributed by atoms with Gasteiger partial charge in [0.2, 0.25) is 0 Å². The van der Waals surface area contributed by atoms with Crippen LogP contribution in [0.2, 0.25) is 5.02 Å². The Kier molecular flexibility index (Phi) is 5.65. The maximum atomic E-state index is 12.2. The molecule has 0 bridgehead atoms. The van der Waals surface area contributed by atoms with Crippen LogP contribution in [-0.2, 0) is 19.1 Å². The second-order valence-corrected chi connectivity index (χ2v) is 6.09. The summed E-state index contributed by atoms with van der Waals surface area (Å²) in [5.41, 5.74) is 0.230. The number of carbonyl (C=O) groups excluding carboxylic acids is 1. The van der Waals surface area contributed by atoms with Gasteiger partial charge in [-0.25, -0.2) is 4.18 Å². The number of hydrogen-bond acceptors (Lipinski definition) is 5. The number of anilines is 2. The molecule has 0 saturated carbocycles. The molecule has 0 radical (unpaired) electrons. The molecule has 0 unspecified atom stereocenters. The van der Waals surface area contributed by atoms with Gasteiger partial charge in [-0.1, -0.05) is 18.5 Å². The zero-order valence-electron chi connectivity index (χ0n) is 11.1. The summed E-state index contributed by atoms with van der Waals surface area (Å²) in [6.45, 7) is 1.30. The first kappa shape index (κ1) is 18.5. The molecule has 6 nitrogen and oxygen atoms in total. The van der Waals surface area contributed by atoms with E-state index in [2.05, 4.69) is 9.50 Å². The number of halogens is 4. The summed E-state index contributed by atoms with van der Waals surface area (Å²) in [7, 11) is -5.87. The summed E-state index contributed by atoms with van der Waals surface area (Å²) in [4.78, 5) is 11.8. The van der Waals surface area contributed by atoms with Crippen molar-refractivity contribution in [3.8, 4) is 0 Å². The van der Waals surface area contributed by atoms with Gasteiger partial charge in [0.25, 0.3) is 5.91 Å². The number of carbonyl (C=O) groups is 1. The van der Waals surface area contributed by atoms with Gasteiger partial charge < -0.3 is 11.1 Å². The molecule has 0 aliphatic rings. The first-order chi connectivity index (χ1) is 9.98. The average Bonchev–Trinajstić information content (AvgIpc) is 2.38. The highest BCUT2D eigenvalue weighted by molar-refractivity contribution is 7.87. The van der Waals surface area contributed by atoms with Crippen molar-refractivity contribution in [3.05, 3.63) is 23.2 Å². The van der Waals surface area contributed by atoms with Crippen molar-refractivity contribution >= 4 is 39.0 Å². The Balaban J connectivity index is 2.87. The van der Waals surface area contributed by atoms with E-state index >= 15 is 0 Å². The summed E-state index contributed by atoms with van der Waals surface area (Å²) in [6.07, 6.45) is -2.12. The van der Waals surface area contributed by atoms with Crippen molar-refractivity contribution in [1.29, 1.82) is 0 Å². The quantitative estimate of drug-likeness (QED) is 0.477. The van der Waals surface area contributed by atoms with Gasteiger partial charge in [-0.3, -0.25) is 4.79 Å². The summed E-state index contributed by atoms with van der Waals surface area (Å²) in [5, 5.41) is 2.32. The lowest BCUT2D eigenvalue weighted by Crippen LogP contribution is -2.36. The van der Waals surface area contributed by atoms with E-state index in [0.29, 0.717) is 0 Å². The molecule has 0 aromatic heterocycles. The molecule has 11 heteroatoms. The molecule has 0 aliphatic carbocycles. The van der Waals surface area contributed by atoms with Crippen LogP contribution in [0, 0.1) is 0 Å². The molecule has 22 heavy (non-hydrogen) atoms. The van der Waals surface area contributed by atoms with Crippen LogP contribution in [0.4, 0.5) is 24.5 Å². The van der Waals surface area contributed by atoms with Gasteiger partial charge >= 0.3 is 15.6 Å². The van der Waals surface area contributed by atoms with Crippen LogP contribution in [0.15, 0.2) is 18.2 Å². The van der Waals surface area contributed by atoms with E-state index < -0.39 is 27.6 Å². The van der Waals surface area contributed by atoms with E-state index in [-0.39, 0.29) is 22.8 Å². The molecule has 0 saturated heterocycles. The SMILES string of the molecule is CC[C@@H](OS(=O)(=O)C(F)(F)F)C(=O)Nc1ccc(N)c(Cl)c1. The number of amides is 1. The fourth-order valence-electron chi connectivity index (χ4n) is 1.33. The van der Waals surface area contributed by atoms with E-state index in [1.54, 1.807) is 0 Å². The third-order valence-electron chi connectivity index (χ3n) is 2.46. The lowest BCUT2D eigenvalue weighted by molar-refractivity contribution is -0.123. The Bertz CT molecular complexity index is 664. The molecule has 0 aliphatic heterocycles. The lowest BCUT2D eigenvalue weighted by Gasteiger charge is -2.17. The monoisotopic (exact) mass is 360 g/mol. The van der Waals surface area contributed by atoms with Gasteiger partial charge in [-0.15, -0.1) is 0 Å². The minimum atomic E-state index is -5.87. The maximum Gasteiger partial charge on any atom is 0.523 e. The molecule has 0 spiro atoms. The third kappa shape index (κ3) is 4.49. The Hall–Kier alpha value is -1.52. The summed E-state index contributed by atoms with van der Waals surface area (Å²) >= 11 is 5.72. The highest BCUT2D eigenvalue weighted by Gasteiger charge is 2.49. The van der Waals surface area contributed by atoms with E-state index in [9.17, 15) is 26.4 Å². The number of benzene rings is 1. The second kappa shape index (κ2) is 6.71. The number of alkyl halides is 3. The zero-order chi connectivity index (χ0) is 17.1. The molecule has 1 aromatic carbocycles. The van der Waals surface area contributed by atoms with Gasteiger partial charge in [0.15, 0.2) is 6.10 Å². The number of nitrogen functional groups attached to an aromatic ring is 1. The van der Waals surface area contributed by atoms with Crippen molar-refractivity contribution in [3.63, 3.8) is 0 Å². The molecule has 1 amide bonds. The van der Waals surface area contributed by atoms with Crippen LogP contribution in [0.25, 0.3) is 0 Å². The van der Waals surface area contributed by atoms with Crippen LogP contribution >= 0.6 is 11.6 Å². The third-order valence-corrected chi connectivity index (χ3v) is 3.84. The zero-order valence-corrected chi connectivity index (χ0v) is 12.7. The Morgan fingerprint density at radius 3 is 2.50 bits per heavy atom. The van der Waals surface area contributed by atoms with Crippen LogP contribution < -0.4 is 11.1 Å². The van der Waals surface area contributed by atoms with E-state index in [4.69, 9.17) is 17.3 Å². The molecule has 124 valence electrons. The summed E-state index contributed by atoms with van der Waals surface area (Å²) < 4.78 is 62.5. The predicted molar refractivity (Wildman–Crippen MR) is 74.6 cm³/mol. The number of hydrogen-bond donors (Lipinski definition) is 2. The largest absolute Gasteiger partial charge is 0.523 e. The van der Waals surface area contributed by atoms with E-state index in [1.165, 1.54) is 25.1 Å². The smallest absolute Gasteiger partial charge is 0.398 e. The predicted octanol–water partition coefficient (Wildman–Crippen LogP) is 2.51. The minimum Gasteiger partial charge on any atom is -0.398 e. The van der Waals surface area contributed by atoms with E-state index in [0.717, 1.165) is 0 Å². The molecule has 1 rings (SSSR count). The average molecular weight is 361 g/mol. The highest BCUT2D eigenvalue weighted by atomic mass is 35.5. The Morgan fingerprint density at radius 1 is 1.45 bits per heavy atom. The van der Waals surface area contributed by atoms with Crippen molar-refractivity contribution in [2.45, 2.75) is 25.0 Å². The van der Waals surface area contributed by atoms with Crippen molar-refractivity contribution in [1.82, 2.24) is 0 Å². The summed E-state index contributed by atoms with van der Waals surface area (Å²) in [5.74, 6) is -1.06. The van der Waals surface area contributed by atoms with Gasteiger partial charge in [-0.05, 0) is 24.6 Å². The minimum absolute atomic E-state index is 0.120. The van der Waals surface area contributed by atoms with Crippen LogP contribution in [0.3, 0.4) is 0 Å². The lowest BCUT2D eigenvalue weighted by atomic mass is 10.2. The standard InChI is InChI=1S/C11H12ClF3N2O4S/c1-2-9(21-22(19,20)11(13,14)15)10(18)17-6-3-4-8(16)7(12)5-6/h3-5,9H,2,16H2,1H3,(H,17,18)/t9-/m1/s1. The second-order valence-electron chi connectivity index (χ2n) is 4.12. The molecule has 3 N–H and O–H groups in total. The fourth-order valence-corrected chi connectivity index (χ4v) is 2.15. The fraction of sp³-hybridized carbons (Fsp3) is 0.364. The number of nitrogens with one attached hydrogen (secondary N) is 1. The normalized spacial score (nSPS) is 13.7. The van der Waals surface area contributed by atoms with Crippen LogP contribution in [0.5, 0.6) is 0 Å². The highest BCUT2D eigenvalue weighted by Crippen LogP contribution is 2.27. The van der Waals surface area contributed by atoms with E-state index in [1.807, 2.05) is 0 Å². The van der Waals surface area contributed by atoms with Gasteiger partial charge in [0.05, 0.1) is 10.7 Å². The van der Waals surface area contributed by atoms with Gasteiger partial charge in [0, 0.05) is 5.69 Å². The Labute approximate surface area is 129 Å². The van der Waals surface area contributed by atoms with Crippen LogP contribution in [0.1, 0.15) is 13.3 Å². The maximum absolute atomic E-state index is 12.2. The molecular formula is C11H12ClF3N2O4S. The van der Waals surface area contributed by atoms with Gasteiger partial charge in [-0.2, -0.15) is 21.6 Å². The first-order valence-corrected chi connectivity index (χ1v) is 7.62. The van der Waals surface area contributed by atoms with Crippen LogP contribution in [-0.4, -0.2) is 25.9 Å². The Morgan fingerprint density at radius 2 is 2.05 bits per heavy atom. The first-order valence-electron chi connectivity index (χ1n) is 5.83. The number of nitrogens with two attached hydrogens (primary N) is 1. The van der Waals surface area contributed by atoms with Crippen molar-refractivity contribution < 1.29 is 30.6 Å². The van der Waals surface area contributed by atoms with Gasteiger partial charge in [0.1, 0.15) is 0 Å². The molecule has 1 atom stereocenters. The number of rotatable bonds is 5. The van der Waals surface area contributed by atoms with Crippen molar-refractivity contribution in [2.24, 2.45) is 0 Å². The van der Waals surface area contributed by atoms with Crippen molar-refractivity contribution in [2.75, 3.05) is 11.1 Å².